The van der Waals surface area contributed by atoms with Crippen molar-refractivity contribution in [2.24, 2.45) is 5.73 Å². The van der Waals surface area contributed by atoms with Crippen LogP contribution in [0.2, 0.25) is 0 Å². The molecule has 0 amide bonds. The summed E-state index contributed by atoms with van der Waals surface area (Å²) in [6, 6.07) is 6.70. The molecule has 6 nitrogen and oxygen atoms in total. The maximum atomic E-state index is 12.3. The smallest absolute Gasteiger partial charge is 0.267 e. The summed E-state index contributed by atoms with van der Waals surface area (Å²) in [5.41, 5.74) is 6.82. The molecule has 1 aromatic heterocycles. The Kier molecular flexibility index (Phi) is 4.31. The van der Waals surface area contributed by atoms with E-state index >= 15 is 0 Å². The zero-order valence-corrected chi connectivity index (χ0v) is 12.5. The van der Waals surface area contributed by atoms with Crippen LogP contribution in [0.4, 0.5) is 5.69 Å². The quantitative estimate of drug-likeness (QED) is 0.835. The lowest BCUT2D eigenvalue weighted by molar-refractivity contribution is 0.390. The van der Waals surface area contributed by atoms with Gasteiger partial charge in [0.25, 0.3) is 10.0 Å². The normalized spacial score (nSPS) is 10.8. The molecule has 0 bridgehead atoms. The minimum atomic E-state index is -3.72. The molecule has 0 spiro atoms. The van der Waals surface area contributed by atoms with Crippen LogP contribution in [0.25, 0.3) is 0 Å². The van der Waals surface area contributed by atoms with Crippen molar-refractivity contribution in [2.45, 2.75) is 18.7 Å². The topological polar surface area (TPSA) is 98.2 Å². The number of hydrogen-bond acceptors (Lipinski definition) is 5. The van der Waals surface area contributed by atoms with E-state index in [1.54, 1.807) is 38.1 Å². The Labute approximate surface area is 123 Å². The Balaban J connectivity index is 2.25. The van der Waals surface area contributed by atoms with Gasteiger partial charge in [-0.25, -0.2) is 8.42 Å². The summed E-state index contributed by atoms with van der Waals surface area (Å²) in [5.74, 6) is 5.85. The summed E-state index contributed by atoms with van der Waals surface area (Å²) < 4.78 is 32.0. The van der Waals surface area contributed by atoms with E-state index in [0.29, 0.717) is 11.4 Å². The molecule has 0 saturated heterocycles. The molecule has 7 heteroatoms. The van der Waals surface area contributed by atoms with Crippen LogP contribution in [0, 0.1) is 25.7 Å². The number of hydrogen-bond donors (Lipinski definition) is 2. The van der Waals surface area contributed by atoms with Crippen molar-refractivity contribution in [1.29, 1.82) is 0 Å². The summed E-state index contributed by atoms with van der Waals surface area (Å²) in [5, 5.41) is 3.65. The van der Waals surface area contributed by atoms with Crippen LogP contribution in [0.5, 0.6) is 0 Å². The minimum Gasteiger partial charge on any atom is -0.360 e. The minimum absolute atomic E-state index is 0.0644. The number of rotatable bonds is 3. The average molecular weight is 305 g/mol. The SMILES string of the molecule is Cc1noc(C)c1S(=O)(=O)Nc1ccc(C#CCN)cc1. The number of nitrogens with one attached hydrogen (secondary N) is 1. The van der Waals surface area contributed by atoms with Crippen molar-refractivity contribution in [3.63, 3.8) is 0 Å². The first-order chi connectivity index (χ1) is 9.94. The van der Waals surface area contributed by atoms with Crippen LogP contribution >= 0.6 is 0 Å². The van der Waals surface area contributed by atoms with Gasteiger partial charge in [-0.2, -0.15) is 0 Å². The van der Waals surface area contributed by atoms with Crippen LogP contribution < -0.4 is 10.5 Å². The van der Waals surface area contributed by atoms with Gasteiger partial charge < -0.3 is 10.3 Å². The maximum Gasteiger partial charge on any atom is 0.267 e. The van der Waals surface area contributed by atoms with Crippen molar-refractivity contribution in [2.75, 3.05) is 11.3 Å². The molecule has 0 saturated carbocycles. The molecule has 0 unspecified atom stereocenters. The molecule has 21 heavy (non-hydrogen) atoms. The van der Waals surface area contributed by atoms with Gasteiger partial charge in [0.05, 0.1) is 6.54 Å². The second-order valence-corrected chi connectivity index (χ2v) is 5.96. The molecular formula is C14H15N3O3S. The summed E-state index contributed by atoms with van der Waals surface area (Å²) in [4.78, 5) is 0.0644. The Morgan fingerprint density at radius 2 is 1.95 bits per heavy atom. The number of nitrogens with two attached hydrogens (primary N) is 1. The summed E-state index contributed by atoms with van der Waals surface area (Å²) >= 11 is 0. The van der Waals surface area contributed by atoms with Gasteiger partial charge in [-0.1, -0.05) is 17.0 Å². The molecule has 0 aliphatic rings. The fraction of sp³-hybridized carbons (Fsp3) is 0.214. The number of sulfonamides is 1. The molecule has 3 N–H and O–H groups in total. The molecule has 0 aliphatic carbocycles. The van der Waals surface area contributed by atoms with E-state index in [4.69, 9.17) is 10.3 Å². The molecule has 2 rings (SSSR count). The van der Waals surface area contributed by atoms with E-state index in [-0.39, 0.29) is 17.2 Å². The van der Waals surface area contributed by atoms with Crippen molar-refractivity contribution in [3.05, 3.63) is 41.3 Å². The van der Waals surface area contributed by atoms with Gasteiger partial charge in [0, 0.05) is 11.3 Å². The van der Waals surface area contributed by atoms with Gasteiger partial charge in [-0.15, -0.1) is 0 Å². The molecule has 110 valence electrons. The van der Waals surface area contributed by atoms with Crippen molar-refractivity contribution < 1.29 is 12.9 Å². The maximum absolute atomic E-state index is 12.3. The standard InChI is InChI=1S/C14H15N3O3S/c1-10-14(11(2)20-16-10)21(18,19)17-13-7-5-12(6-8-13)4-3-9-15/h5-8,17H,9,15H2,1-2H3. The third kappa shape index (κ3) is 3.42. The monoisotopic (exact) mass is 305 g/mol. The summed E-state index contributed by atoms with van der Waals surface area (Å²) in [6.07, 6.45) is 0. The first-order valence-electron chi connectivity index (χ1n) is 6.19. The molecule has 1 heterocycles. The lowest BCUT2D eigenvalue weighted by Crippen LogP contribution is -2.14. The van der Waals surface area contributed by atoms with E-state index in [0.717, 1.165) is 5.56 Å². The highest BCUT2D eigenvalue weighted by Crippen LogP contribution is 2.22. The largest absolute Gasteiger partial charge is 0.360 e. The third-order valence-corrected chi connectivity index (χ3v) is 4.33. The lowest BCUT2D eigenvalue weighted by atomic mass is 10.2. The highest BCUT2D eigenvalue weighted by molar-refractivity contribution is 7.92. The van der Waals surface area contributed by atoms with Crippen molar-refractivity contribution in [1.82, 2.24) is 5.16 Å². The Morgan fingerprint density at radius 3 is 2.48 bits per heavy atom. The number of aryl methyl sites for hydroxylation is 2. The van der Waals surface area contributed by atoms with Crippen LogP contribution in [0.15, 0.2) is 33.7 Å². The number of nitrogens with zero attached hydrogens (tertiary/aromatic N) is 1. The molecule has 0 atom stereocenters. The van der Waals surface area contributed by atoms with Gasteiger partial charge in [-0.05, 0) is 38.1 Å². The van der Waals surface area contributed by atoms with Gasteiger partial charge in [0.15, 0.2) is 10.7 Å². The lowest BCUT2D eigenvalue weighted by Gasteiger charge is -2.07. The first-order valence-corrected chi connectivity index (χ1v) is 7.67. The molecule has 0 aliphatic heterocycles. The van der Waals surface area contributed by atoms with Crippen LogP contribution in [0.1, 0.15) is 17.0 Å². The van der Waals surface area contributed by atoms with E-state index < -0.39 is 10.0 Å². The Morgan fingerprint density at radius 1 is 1.29 bits per heavy atom. The van der Waals surface area contributed by atoms with Crippen LogP contribution in [-0.2, 0) is 10.0 Å². The predicted octanol–water partition coefficient (Wildman–Crippen LogP) is 1.40. The van der Waals surface area contributed by atoms with Crippen molar-refractivity contribution >= 4 is 15.7 Å². The van der Waals surface area contributed by atoms with Crippen molar-refractivity contribution in [3.8, 4) is 11.8 Å². The third-order valence-electron chi connectivity index (χ3n) is 2.71. The summed E-state index contributed by atoms with van der Waals surface area (Å²) in [7, 11) is -3.72. The first kappa shape index (κ1) is 15.1. The highest BCUT2D eigenvalue weighted by atomic mass is 32.2. The van der Waals surface area contributed by atoms with E-state index in [9.17, 15) is 8.42 Å². The molecule has 1 aromatic carbocycles. The second kappa shape index (κ2) is 5.99. The average Bonchev–Trinajstić information content (AvgIpc) is 2.77. The second-order valence-electron chi connectivity index (χ2n) is 4.34. The predicted molar refractivity (Wildman–Crippen MR) is 79.2 cm³/mol. The zero-order chi connectivity index (χ0) is 15.5. The van der Waals surface area contributed by atoms with Crippen LogP contribution in [0.3, 0.4) is 0 Å². The Hall–Kier alpha value is -2.30. The number of aromatic nitrogens is 1. The fourth-order valence-electron chi connectivity index (χ4n) is 1.84. The van der Waals surface area contributed by atoms with Gasteiger partial charge in [0.2, 0.25) is 0 Å². The number of benzene rings is 1. The highest BCUT2D eigenvalue weighted by Gasteiger charge is 2.24. The molecule has 0 fully saturated rings. The van der Waals surface area contributed by atoms with E-state index in [2.05, 4.69) is 21.7 Å². The Bertz CT molecular complexity index is 777. The summed E-state index contributed by atoms with van der Waals surface area (Å²) in [6.45, 7) is 3.41. The van der Waals surface area contributed by atoms with Crippen LogP contribution in [-0.4, -0.2) is 20.1 Å². The molecule has 2 aromatic rings. The van der Waals surface area contributed by atoms with E-state index in [1.807, 2.05) is 0 Å². The number of anilines is 1. The fourth-order valence-corrected chi connectivity index (χ4v) is 3.23. The van der Waals surface area contributed by atoms with E-state index in [1.165, 1.54) is 0 Å². The van der Waals surface area contributed by atoms with Gasteiger partial charge in [-0.3, -0.25) is 4.72 Å². The van der Waals surface area contributed by atoms with Gasteiger partial charge in [0.1, 0.15) is 5.69 Å². The zero-order valence-electron chi connectivity index (χ0n) is 11.7. The molecular weight excluding hydrogens is 290 g/mol. The molecule has 0 radical (unpaired) electrons. The van der Waals surface area contributed by atoms with Gasteiger partial charge >= 0.3 is 0 Å².